The molecule has 0 saturated carbocycles. The number of hydrogen-bond acceptors (Lipinski definition) is 6. The van der Waals surface area contributed by atoms with Gasteiger partial charge in [-0.3, -0.25) is 14.4 Å². The molecule has 2 aliphatic heterocycles. The number of hydrogen-bond donors (Lipinski definition) is 4. The van der Waals surface area contributed by atoms with E-state index in [9.17, 15) is 28.3 Å². The van der Waals surface area contributed by atoms with Crippen LogP contribution in [0.15, 0.2) is 48.5 Å². The Bertz CT molecular complexity index is 1270. The van der Waals surface area contributed by atoms with E-state index in [1.165, 1.54) is 24.0 Å². The molecule has 0 aromatic heterocycles. The van der Waals surface area contributed by atoms with E-state index in [1.54, 1.807) is 0 Å². The third kappa shape index (κ3) is 7.99. The summed E-state index contributed by atoms with van der Waals surface area (Å²) >= 11 is 0. The number of nitrogens with one attached hydrogen (secondary N) is 3. The van der Waals surface area contributed by atoms with Crippen LogP contribution >= 0.6 is 0 Å². The maximum atomic E-state index is 14.2. The summed E-state index contributed by atoms with van der Waals surface area (Å²) in [7, 11) is 0. The van der Waals surface area contributed by atoms with Gasteiger partial charge in [0.05, 0.1) is 31.4 Å². The number of carbonyl (C=O) groups excluding carboxylic acids is 3. The predicted molar refractivity (Wildman–Crippen MR) is 161 cm³/mol. The van der Waals surface area contributed by atoms with Crippen LogP contribution in [0, 0.1) is 17.6 Å². The number of rotatable bonds is 13. The molecule has 0 aliphatic carbocycles. The first-order valence-electron chi connectivity index (χ1n) is 15.4. The Labute approximate surface area is 257 Å². The standard InChI is InChI=1S/C33H44F2N4O5/c1-4-21(2)33(38-22(3)40)12-14-39(32(33)43)29(11-10-23-8-6-5-7-9-23)31(42)37-27(30(41)28-20-44-15-13-36-28)18-24-16-25(34)19-26(35)17-24/h5-9,16-17,19,21,27-30,36,41H,4,10-15,18,20H2,1-3H3,(H,37,42)(H,38,40)/t21-,27+,28?,29?,30+,33?/m1/s1. The normalized spacial score (nSPS) is 23.1. The van der Waals surface area contributed by atoms with E-state index >= 15 is 0 Å². The number of halogens is 2. The van der Waals surface area contributed by atoms with Gasteiger partial charge in [0.15, 0.2) is 0 Å². The average molecular weight is 615 g/mol. The summed E-state index contributed by atoms with van der Waals surface area (Å²) in [5, 5.41) is 20.4. The molecule has 2 aromatic rings. The molecule has 240 valence electrons. The lowest BCUT2D eigenvalue weighted by molar-refractivity contribution is -0.144. The Hall–Kier alpha value is -3.41. The van der Waals surface area contributed by atoms with Gasteiger partial charge in [0.2, 0.25) is 17.7 Å². The molecule has 11 heteroatoms. The molecule has 2 aromatic carbocycles. The smallest absolute Gasteiger partial charge is 0.249 e. The van der Waals surface area contributed by atoms with Gasteiger partial charge >= 0.3 is 0 Å². The number of aliphatic hydroxyl groups is 1. The van der Waals surface area contributed by atoms with Gasteiger partial charge < -0.3 is 30.7 Å². The Morgan fingerprint density at radius 2 is 1.86 bits per heavy atom. The van der Waals surface area contributed by atoms with E-state index in [0.29, 0.717) is 38.8 Å². The third-order valence-corrected chi connectivity index (χ3v) is 8.95. The molecule has 2 saturated heterocycles. The monoisotopic (exact) mass is 614 g/mol. The number of nitrogens with zero attached hydrogens (tertiary/aromatic N) is 1. The van der Waals surface area contributed by atoms with Crippen molar-refractivity contribution in [2.45, 2.75) is 82.6 Å². The quantitative estimate of drug-likeness (QED) is 0.275. The summed E-state index contributed by atoms with van der Waals surface area (Å²) in [6, 6.07) is 10.3. The first-order valence-corrected chi connectivity index (χ1v) is 15.4. The van der Waals surface area contributed by atoms with Gasteiger partial charge in [-0.25, -0.2) is 8.78 Å². The molecule has 2 aliphatic rings. The van der Waals surface area contributed by atoms with E-state index < -0.39 is 47.3 Å². The van der Waals surface area contributed by atoms with Gasteiger partial charge in [-0.1, -0.05) is 50.6 Å². The largest absolute Gasteiger partial charge is 0.389 e. The lowest BCUT2D eigenvalue weighted by Gasteiger charge is -2.37. The predicted octanol–water partition coefficient (Wildman–Crippen LogP) is 2.50. The van der Waals surface area contributed by atoms with Crippen LogP contribution in [-0.2, 0) is 32.0 Å². The van der Waals surface area contributed by atoms with Crippen molar-refractivity contribution < 1.29 is 33.0 Å². The second-order valence-electron chi connectivity index (χ2n) is 12.0. The molecule has 3 unspecified atom stereocenters. The number of morpholine rings is 1. The molecular weight excluding hydrogens is 570 g/mol. The zero-order chi connectivity index (χ0) is 31.9. The van der Waals surface area contributed by atoms with Crippen LogP contribution in [0.5, 0.6) is 0 Å². The fourth-order valence-corrected chi connectivity index (χ4v) is 6.40. The van der Waals surface area contributed by atoms with Gasteiger partial charge in [-0.2, -0.15) is 0 Å². The molecule has 2 fully saturated rings. The Morgan fingerprint density at radius 3 is 2.48 bits per heavy atom. The second-order valence-corrected chi connectivity index (χ2v) is 12.0. The fraction of sp³-hybridized carbons (Fsp3) is 0.545. The van der Waals surface area contributed by atoms with Gasteiger partial charge in [0.1, 0.15) is 23.2 Å². The van der Waals surface area contributed by atoms with Crippen molar-refractivity contribution in [2.24, 2.45) is 5.92 Å². The van der Waals surface area contributed by atoms with Crippen molar-refractivity contribution in [1.82, 2.24) is 20.9 Å². The summed E-state index contributed by atoms with van der Waals surface area (Å²) in [6.45, 7) is 6.68. The molecule has 44 heavy (non-hydrogen) atoms. The SMILES string of the molecule is CC[C@@H](C)C1(NC(C)=O)CCN(C(CCc2ccccc2)C(=O)N[C@@H](Cc2cc(F)cc(F)c2)[C@H](O)C2COCCN2)C1=O. The number of carbonyl (C=O) groups is 3. The van der Waals surface area contributed by atoms with Crippen molar-refractivity contribution in [1.29, 1.82) is 0 Å². The summed E-state index contributed by atoms with van der Waals surface area (Å²) in [6.07, 6.45) is 0.582. The lowest BCUT2D eigenvalue weighted by atomic mass is 9.81. The first-order chi connectivity index (χ1) is 21.0. The van der Waals surface area contributed by atoms with Crippen LogP contribution in [0.1, 0.15) is 51.2 Å². The fourth-order valence-electron chi connectivity index (χ4n) is 6.40. The van der Waals surface area contributed by atoms with Crippen molar-refractivity contribution in [3.63, 3.8) is 0 Å². The summed E-state index contributed by atoms with van der Waals surface area (Å²) in [4.78, 5) is 42.1. The van der Waals surface area contributed by atoms with Crippen LogP contribution in [-0.4, -0.2) is 83.8 Å². The zero-order valence-corrected chi connectivity index (χ0v) is 25.7. The van der Waals surface area contributed by atoms with Crippen LogP contribution in [0.3, 0.4) is 0 Å². The second kappa shape index (κ2) is 15.0. The highest BCUT2D eigenvalue weighted by Crippen LogP contribution is 2.34. The summed E-state index contributed by atoms with van der Waals surface area (Å²) in [5.74, 6) is -2.82. The van der Waals surface area contributed by atoms with E-state index in [0.717, 1.165) is 11.6 Å². The molecule has 0 bridgehead atoms. The highest BCUT2D eigenvalue weighted by molar-refractivity contribution is 5.96. The molecule has 0 radical (unpaired) electrons. The molecule has 0 spiro atoms. The number of ether oxygens (including phenoxy) is 1. The molecule has 4 rings (SSSR count). The van der Waals surface area contributed by atoms with E-state index in [2.05, 4.69) is 16.0 Å². The summed E-state index contributed by atoms with van der Waals surface area (Å²) in [5.41, 5.74) is 0.123. The van der Waals surface area contributed by atoms with Crippen molar-refractivity contribution >= 4 is 17.7 Å². The molecule has 2 heterocycles. The van der Waals surface area contributed by atoms with E-state index in [4.69, 9.17) is 4.74 Å². The maximum absolute atomic E-state index is 14.2. The highest BCUT2D eigenvalue weighted by Gasteiger charge is 2.53. The minimum atomic E-state index is -1.16. The van der Waals surface area contributed by atoms with Gasteiger partial charge in [-0.15, -0.1) is 0 Å². The summed E-state index contributed by atoms with van der Waals surface area (Å²) < 4.78 is 33.7. The number of amides is 3. The van der Waals surface area contributed by atoms with Crippen LogP contribution in [0.2, 0.25) is 0 Å². The Kier molecular flexibility index (Phi) is 11.5. The van der Waals surface area contributed by atoms with Gasteiger partial charge in [-0.05, 0) is 54.9 Å². The molecular formula is C33H44F2N4O5. The number of aryl methyl sites for hydroxylation is 1. The first kappa shape index (κ1) is 33.5. The molecule has 6 atom stereocenters. The topological polar surface area (TPSA) is 120 Å². The van der Waals surface area contributed by atoms with Crippen LogP contribution in [0.25, 0.3) is 0 Å². The lowest BCUT2D eigenvalue weighted by Crippen LogP contribution is -2.62. The number of likely N-dealkylation sites (tertiary alicyclic amines) is 1. The van der Waals surface area contributed by atoms with Gasteiger partial charge in [0.25, 0.3) is 0 Å². The third-order valence-electron chi connectivity index (χ3n) is 8.95. The molecule has 4 N–H and O–H groups in total. The van der Waals surface area contributed by atoms with Crippen molar-refractivity contribution in [2.75, 3.05) is 26.3 Å². The number of benzene rings is 2. The zero-order valence-electron chi connectivity index (χ0n) is 25.7. The average Bonchev–Trinajstić information content (AvgIpc) is 3.32. The number of aliphatic hydroxyl groups excluding tert-OH is 1. The van der Waals surface area contributed by atoms with E-state index in [1.807, 2.05) is 44.2 Å². The molecule has 3 amide bonds. The van der Waals surface area contributed by atoms with E-state index in [-0.39, 0.29) is 42.9 Å². The minimum absolute atomic E-state index is 0.0538. The molecule has 9 nitrogen and oxygen atoms in total. The Morgan fingerprint density at radius 1 is 1.16 bits per heavy atom. The van der Waals surface area contributed by atoms with Crippen molar-refractivity contribution in [3.8, 4) is 0 Å². The van der Waals surface area contributed by atoms with Crippen LogP contribution < -0.4 is 16.0 Å². The Balaban J connectivity index is 1.64. The van der Waals surface area contributed by atoms with Crippen molar-refractivity contribution in [3.05, 3.63) is 71.3 Å². The minimum Gasteiger partial charge on any atom is -0.389 e. The maximum Gasteiger partial charge on any atom is 0.249 e. The van der Waals surface area contributed by atoms with Crippen LogP contribution in [0.4, 0.5) is 8.78 Å². The van der Waals surface area contributed by atoms with Gasteiger partial charge in [0, 0.05) is 26.1 Å². The highest BCUT2D eigenvalue weighted by atomic mass is 19.1.